The molecule has 0 aliphatic heterocycles. The predicted molar refractivity (Wildman–Crippen MR) is 126 cm³/mol. The highest BCUT2D eigenvalue weighted by Crippen LogP contribution is 2.19. The number of carbonyl (C=O) groups is 2. The molecular weight excluding hydrogens is 442 g/mol. The van der Waals surface area contributed by atoms with Gasteiger partial charge in [-0.25, -0.2) is 18.1 Å². The second-order valence-corrected chi connectivity index (χ2v) is 10.2. The van der Waals surface area contributed by atoms with E-state index in [0.29, 0.717) is 23.5 Å². The van der Waals surface area contributed by atoms with E-state index in [4.69, 9.17) is 0 Å². The van der Waals surface area contributed by atoms with Crippen LogP contribution in [0.3, 0.4) is 0 Å². The monoisotopic (exact) mass is 469 g/mol. The summed E-state index contributed by atoms with van der Waals surface area (Å²) in [5, 5.41) is 5.48. The molecule has 0 fully saturated rings. The van der Waals surface area contributed by atoms with Gasteiger partial charge in [0.15, 0.2) is 0 Å². The lowest BCUT2D eigenvalue weighted by Crippen LogP contribution is -2.40. The minimum Gasteiger partial charge on any atom is -0.337 e. The maximum atomic E-state index is 12.7. The van der Waals surface area contributed by atoms with Crippen molar-refractivity contribution >= 4 is 33.2 Å². The molecule has 33 heavy (non-hydrogen) atoms. The Balaban J connectivity index is 1.65. The van der Waals surface area contributed by atoms with Gasteiger partial charge in [-0.1, -0.05) is 12.1 Å². The number of amides is 2. The smallest absolute Gasteiger partial charge is 0.255 e. The molecule has 10 heteroatoms. The van der Waals surface area contributed by atoms with Gasteiger partial charge in [0, 0.05) is 47.8 Å². The van der Waals surface area contributed by atoms with Crippen LogP contribution < -0.4 is 15.4 Å². The van der Waals surface area contributed by atoms with Gasteiger partial charge in [0.25, 0.3) is 5.91 Å². The molecule has 3 rings (SSSR count). The van der Waals surface area contributed by atoms with Crippen LogP contribution in [-0.4, -0.2) is 35.3 Å². The lowest BCUT2D eigenvalue weighted by molar-refractivity contribution is -0.116. The number of nitrogens with zero attached hydrogens (tertiary/aromatic N) is 2. The fraction of sp³-hybridized carbons (Fsp3) is 0.261. The fourth-order valence-corrected chi connectivity index (χ4v) is 4.48. The summed E-state index contributed by atoms with van der Waals surface area (Å²) in [5.74, 6) is -0.617. The largest absolute Gasteiger partial charge is 0.337 e. The zero-order valence-corrected chi connectivity index (χ0v) is 19.5. The van der Waals surface area contributed by atoms with E-state index in [1.54, 1.807) is 80.5 Å². The first-order valence-corrected chi connectivity index (χ1v) is 11.8. The van der Waals surface area contributed by atoms with Crippen molar-refractivity contribution in [2.45, 2.75) is 44.2 Å². The zero-order valence-electron chi connectivity index (χ0n) is 18.7. The molecule has 0 saturated heterocycles. The summed E-state index contributed by atoms with van der Waals surface area (Å²) in [7, 11) is -3.74. The van der Waals surface area contributed by atoms with Gasteiger partial charge in [0.05, 0.1) is 11.2 Å². The molecule has 0 bridgehead atoms. The van der Waals surface area contributed by atoms with Crippen LogP contribution in [0, 0.1) is 0 Å². The number of sulfonamides is 1. The number of anilines is 2. The van der Waals surface area contributed by atoms with Crippen molar-refractivity contribution in [1.82, 2.24) is 14.3 Å². The van der Waals surface area contributed by atoms with Crippen molar-refractivity contribution in [2.24, 2.45) is 0 Å². The number of hydrogen-bond donors (Lipinski definition) is 3. The summed E-state index contributed by atoms with van der Waals surface area (Å²) >= 11 is 0. The van der Waals surface area contributed by atoms with Gasteiger partial charge in [-0.3, -0.25) is 9.59 Å². The van der Waals surface area contributed by atoms with Crippen LogP contribution in [0.1, 0.15) is 37.6 Å². The van der Waals surface area contributed by atoms with Gasteiger partial charge in [0.2, 0.25) is 15.9 Å². The molecule has 0 aliphatic carbocycles. The first-order valence-electron chi connectivity index (χ1n) is 10.3. The summed E-state index contributed by atoms with van der Waals surface area (Å²) in [4.78, 5) is 28.9. The lowest BCUT2D eigenvalue weighted by atomic mass is 10.1. The van der Waals surface area contributed by atoms with Crippen molar-refractivity contribution < 1.29 is 18.0 Å². The number of aromatic nitrogens is 2. The highest BCUT2D eigenvalue weighted by molar-refractivity contribution is 7.89. The minimum atomic E-state index is -3.74. The van der Waals surface area contributed by atoms with E-state index in [-0.39, 0.29) is 17.2 Å². The maximum absolute atomic E-state index is 12.7. The molecule has 1 aromatic heterocycles. The number of rotatable bonds is 8. The van der Waals surface area contributed by atoms with Gasteiger partial charge < -0.3 is 15.2 Å². The van der Waals surface area contributed by atoms with Crippen molar-refractivity contribution in [2.75, 3.05) is 10.6 Å². The highest BCUT2D eigenvalue weighted by Gasteiger charge is 2.22. The van der Waals surface area contributed by atoms with E-state index < -0.39 is 21.5 Å². The molecule has 0 radical (unpaired) electrons. The van der Waals surface area contributed by atoms with Crippen LogP contribution in [0.2, 0.25) is 0 Å². The zero-order chi connectivity index (χ0) is 24.1. The quantitative estimate of drug-likeness (QED) is 0.467. The summed E-state index contributed by atoms with van der Waals surface area (Å²) in [5.41, 5.74) is 0.515. The molecule has 3 aromatic rings. The third-order valence-corrected chi connectivity index (χ3v) is 6.16. The number of hydrogen-bond acceptors (Lipinski definition) is 5. The van der Waals surface area contributed by atoms with Gasteiger partial charge in [-0.05, 0) is 57.2 Å². The molecule has 2 amide bonds. The Morgan fingerprint density at radius 3 is 2.36 bits per heavy atom. The number of nitrogens with one attached hydrogen (secondary N) is 3. The van der Waals surface area contributed by atoms with Crippen molar-refractivity contribution in [3.8, 4) is 0 Å². The molecule has 0 spiro atoms. The second-order valence-electron chi connectivity index (χ2n) is 8.52. The van der Waals surface area contributed by atoms with Crippen LogP contribution in [0.25, 0.3) is 0 Å². The third-order valence-electron chi connectivity index (χ3n) is 4.41. The van der Waals surface area contributed by atoms with E-state index in [1.807, 2.05) is 0 Å². The number of benzene rings is 2. The summed E-state index contributed by atoms with van der Waals surface area (Å²) in [6, 6.07) is 12.5. The molecule has 174 valence electrons. The summed E-state index contributed by atoms with van der Waals surface area (Å²) in [6.07, 6.45) is 5.32. The molecule has 0 aliphatic rings. The Hall–Kier alpha value is -3.50. The van der Waals surface area contributed by atoms with E-state index in [0.717, 1.165) is 0 Å². The molecule has 3 N–H and O–H groups in total. The molecule has 9 nitrogen and oxygen atoms in total. The minimum absolute atomic E-state index is 0.0501. The topological polar surface area (TPSA) is 122 Å². The Kier molecular flexibility index (Phi) is 7.29. The average Bonchev–Trinajstić information content (AvgIpc) is 3.25. The Morgan fingerprint density at radius 2 is 1.70 bits per heavy atom. The Bertz CT molecular complexity index is 1230. The molecule has 2 aromatic carbocycles. The van der Waals surface area contributed by atoms with E-state index in [1.165, 1.54) is 12.1 Å². The van der Waals surface area contributed by atoms with E-state index >= 15 is 0 Å². The third kappa shape index (κ3) is 7.26. The van der Waals surface area contributed by atoms with Crippen LogP contribution >= 0.6 is 0 Å². The first-order chi connectivity index (χ1) is 15.5. The van der Waals surface area contributed by atoms with Crippen molar-refractivity contribution in [1.29, 1.82) is 0 Å². The number of carbonyl (C=O) groups excluding carboxylic acids is 2. The molecule has 1 heterocycles. The average molecular weight is 470 g/mol. The van der Waals surface area contributed by atoms with E-state index in [2.05, 4.69) is 20.3 Å². The SMILES string of the molecule is CC(C)(C)NS(=O)(=O)c1cccc(NC(=O)c2cccc(NC(=O)CCn3ccnc3)c2)c1. The maximum Gasteiger partial charge on any atom is 0.255 e. The first kappa shape index (κ1) is 24.1. The van der Waals surface area contributed by atoms with Crippen LogP contribution in [0.4, 0.5) is 11.4 Å². The van der Waals surface area contributed by atoms with Gasteiger partial charge in [-0.2, -0.15) is 0 Å². The molecule has 0 saturated carbocycles. The van der Waals surface area contributed by atoms with Gasteiger partial charge in [-0.15, -0.1) is 0 Å². The Labute approximate surface area is 193 Å². The van der Waals surface area contributed by atoms with Crippen LogP contribution in [0.5, 0.6) is 0 Å². The van der Waals surface area contributed by atoms with Crippen LogP contribution in [-0.2, 0) is 21.4 Å². The van der Waals surface area contributed by atoms with Gasteiger partial charge >= 0.3 is 0 Å². The molecule has 0 unspecified atom stereocenters. The summed E-state index contributed by atoms with van der Waals surface area (Å²) in [6.45, 7) is 5.74. The normalized spacial score (nSPS) is 11.7. The highest BCUT2D eigenvalue weighted by atomic mass is 32.2. The predicted octanol–water partition coefficient (Wildman–Crippen LogP) is 3.24. The fourth-order valence-electron chi connectivity index (χ4n) is 3.02. The Morgan fingerprint density at radius 1 is 1.00 bits per heavy atom. The number of aryl methyl sites for hydroxylation is 1. The van der Waals surface area contributed by atoms with Gasteiger partial charge in [0.1, 0.15) is 0 Å². The lowest BCUT2D eigenvalue weighted by Gasteiger charge is -2.20. The van der Waals surface area contributed by atoms with Crippen molar-refractivity contribution in [3.05, 3.63) is 72.8 Å². The molecular formula is C23H27N5O4S. The van der Waals surface area contributed by atoms with Crippen molar-refractivity contribution in [3.63, 3.8) is 0 Å². The second kappa shape index (κ2) is 9.97. The van der Waals surface area contributed by atoms with E-state index in [9.17, 15) is 18.0 Å². The van der Waals surface area contributed by atoms with Crippen LogP contribution in [0.15, 0.2) is 72.1 Å². The standard InChI is InChI=1S/C23H27N5O4S/c1-23(2,3)27-33(31,32)20-9-5-8-19(15-20)26-22(30)17-6-4-7-18(14-17)25-21(29)10-12-28-13-11-24-16-28/h4-9,11,13-16,27H,10,12H2,1-3H3,(H,25,29)(H,26,30). The molecule has 0 atom stereocenters. The number of imidazole rings is 1. The summed E-state index contributed by atoms with van der Waals surface area (Å²) < 4.78 is 29.5.